The Labute approximate surface area is 128 Å². The Balaban J connectivity index is 1.77. The molecule has 0 spiro atoms. The lowest BCUT2D eigenvalue weighted by Crippen LogP contribution is -2.49. The van der Waals surface area contributed by atoms with Gasteiger partial charge in [0.1, 0.15) is 0 Å². The van der Waals surface area contributed by atoms with Gasteiger partial charge in [-0.3, -0.25) is 9.58 Å². The summed E-state index contributed by atoms with van der Waals surface area (Å²) in [5.74, 6) is 0.909. The molecule has 2 aliphatic rings. The molecular formula is C17H30N4. The van der Waals surface area contributed by atoms with Gasteiger partial charge in [-0.1, -0.05) is 19.8 Å². The van der Waals surface area contributed by atoms with Gasteiger partial charge in [-0.05, 0) is 44.6 Å². The molecule has 1 saturated heterocycles. The minimum absolute atomic E-state index is 0.363. The second kappa shape index (κ2) is 6.93. The summed E-state index contributed by atoms with van der Waals surface area (Å²) < 4.78 is 2.07. The summed E-state index contributed by atoms with van der Waals surface area (Å²) in [6, 6.07) is 1.12. The van der Waals surface area contributed by atoms with Gasteiger partial charge in [0.05, 0.1) is 12.2 Å². The van der Waals surface area contributed by atoms with Gasteiger partial charge < -0.3 is 5.73 Å². The van der Waals surface area contributed by atoms with E-state index >= 15 is 0 Å². The molecular weight excluding hydrogens is 260 g/mol. The van der Waals surface area contributed by atoms with E-state index in [0.29, 0.717) is 12.6 Å². The van der Waals surface area contributed by atoms with Crippen LogP contribution in [0.1, 0.15) is 63.5 Å². The molecule has 3 rings (SSSR count). The molecule has 1 aromatic rings. The van der Waals surface area contributed by atoms with E-state index in [-0.39, 0.29) is 0 Å². The van der Waals surface area contributed by atoms with Crippen molar-refractivity contribution in [3.8, 4) is 0 Å². The third kappa shape index (κ3) is 3.16. The molecule has 2 fully saturated rings. The molecule has 4 nitrogen and oxygen atoms in total. The lowest BCUT2D eigenvalue weighted by molar-refractivity contribution is 0.0276. The maximum Gasteiger partial charge on any atom is 0.0538 e. The monoisotopic (exact) mass is 290 g/mol. The molecule has 2 N–H and O–H groups in total. The topological polar surface area (TPSA) is 47.1 Å². The maximum absolute atomic E-state index is 6.16. The number of nitrogens with zero attached hydrogens (tertiary/aromatic N) is 3. The Hall–Kier alpha value is -0.870. The molecule has 1 aromatic heterocycles. The third-order valence-electron chi connectivity index (χ3n) is 5.40. The average molecular weight is 290 g/mol. The van der Waals surface area contributed by atoms with Gasteiger partial charge in [0.15, 0.2) is 0 Å². The molecule has 1 aliphatic carbocycles. The highest BCUT2D eigenvalue weighted by Gasteiger charge is 2.36. The van der Waals surface area contributed by atoms with Gasteiger partial charge >= 0.3 is 0 Å². The van der Waals surface area contributed by atoms with Crippen molar-refractivity contribution < 1.29 is 0 Å². The van der Waals surface area contributed by atoms with Gasteiger partial charge in [-0.2, -0.15) is 5.10 Å². The molecule has 1 saturated carbocycles. The quantitative estimate of drug-likeness (QED) is 0.907. The van der Waals surface area contributed by atoms with E-state index in [1.54, 1.807) is 0 Å². The SMILES string of the molecule is CCCn1cc(C(CN)N2CCCC3CCCCC32)cn1. The van der Waals surface area contributed by atoms with Crippen LogP contribution in [-0.2, 0) is 6.54 Å². The first-order chi connectivity index (χ1) is 10.3. The van der Waals surface area contributed by atoms with Crippen LogP contribution in [0.25, 0.3) is 0 Å². The molecule has 0 bridgehead atoms. The molecule has 2 heterocycles. The van der Waals surface area contributed by atoms with Crippen molar-refractivity contribution in [3.63, 3.8) is 0 Å². The molecule has 0 aromatic carbocycles. The first kappa shape index (κ1) is 15.0. The lowest BCUT2D eigenvalue weighted by atomic mass is 9.77. The van der Waals surface area contributed by atoms with E-state index in [0.717, 1.165) is 24.9 Å². The fraction of sp³-hybridized carbons (Fsp3) is 0.824. The summed E-state index contributed by atoms with van der Waals surface area (Å²) in [4.78, 5) is 2.71. The number of hydrogen-bond donors (Lipinski definition) is 1. The zero-order chi connectivity index (χ0) is 14.7. The predicted octanol–water partition coefficient (Wildman–Crippen LogP) is 2.95. The van der Waals surface area contributed by atoms with Crippen LogP contribution < -0.4 is 5.73 Å². The number of likely N-dealkylation sites (tertiary alicyclic amines) is 1. The summed E-state index contributed by atoms with van der Waals surface area (Å²) in [5.41, 5.74) is 7.48. The number of nitrogens with two attached hydrogens (primary N) is 1. The Morgan fingerprint density at radius 3 is 2.90 bits per heavy atom. The van der Waals surface area contributed by atoms with E-state index in [4.69, 9.17) is 5.73 Å². The minimum atomic E-state index is 0.363. The number of piperidine rings is 1. The number of aromatic nitrogens is 2. The van der Waals surface area contributed by atoms with Gasteiger partial charge in [-0.25, -0.2) is 0 Å². The number of fused-ring (bicyclic) bond motifs is 1. The molecule has 1 aliphatic heterocycles. The maximum atomic E-state index is 6.16. The first-order valence-corrected chi connectivity index (χ1v) is 8.81. The molecule has 3 atom stereocenters. The van der Waals surface area contributed by atoms with Gasteiger partial charge in [0.2, 0.25) is 0 Å². The standard InChI is InChI=1S/C17H30N4/c1-2-9-20-13-15(12-19-20)17(11-18)21-10-5-7-14-6-3-4-8-16(14)21/h12-14,16-17H,2-11,18H2,1H3. The van der Waals surface area contributed by atoms with Crippen LogP contribution in [0.5, 0.6) is 0 Å². The highest BCUT2D eigenvalue weighted by molar-refractivity contribution is 5.13. The molecule has 3 unspecified atom stereocenters. The van der Waals surface area contributed by atoms with Crippen molar-refractivity contribution in [2.45, 2.75) is 70.5 Å². The van der Waals surface area contributed by atoms with Crippen molar-refractivity contribution >= 4 is 0 Å². The summed E-state index contributed by atoms with van der Waals surface area (Å²) >= 11 is 0. The Bertz CT molecular complexity index is 440. The second-order valence-electron chi connectivity index (χ2n) is 6.78. The zero-order valence-electron chi connectivity index (χ0n) is 13.4. The lowest BCUT2D eigenvalue weighted by Gasteiger charge is -2.47. The van der Waals surface area contributed by atoms with Crippen LogP contribution in [0.15, 0.2) is 12.4 Å². The van der Waals surface area contributed by atoms with Crippen LogP contribution in [0, 0.1) is 5.92 Å². The van der Waals surface area contributed by atoms with E-state index < -0.39 is 0 Å². The van der Waals surface area contributed by atoms with Crippen LogP contribution >= 0.6 is 0 Å². The van der Waals surface area contributed by atoms with E-state index in [1.165, 1.54) is 50.6 Å². The summed E-state index contributed by atoms with van der Waals surface area (Å²) in [6.07, 6.45) is 13.8. The largest absolute Gasteiger partial charge is 0.329 e. The number of rotatable bonds is 5. The molecule has 0 radical (unpaired) electrons. The second-order valence-corrected chi connectivity index (χ2v) is 6.78. The molecule has 4 heteroatoms. The van der Waals surface area contributed by atoms with E-state index in [1.807, 2.05) is 6.20 Å². The Morgan fingerprint density at radius 1 is 1.29 bits per heavy atom. The van der Waals surface area contributed by atoms with Gasteiger partial charge in [0.25, 0.3) is 0 Å². The Morgan fingerprint density at radius 2 is 2.10 bits per heavy atom. The van der Waals surface area contributed by atoms with Crippen molar-refractivity contribution in [2.75, 3.05) is 13.1 Å². The predicted molar refractivity (Wildman–Crippen MR) is 86.0 cm³/mol. The number of hydrogen-bond acceptors (Lipinski definition) is 3. The summed E-state index contributed by atoms with van der Waals surface area (Å²) in [6.45, 7) is 5.12. The molecule has 118 valence electrons. The fourth-order valence-electron chi connectivity index (χ4n) is 4.42. The van der Waals surface area contributed by atoms with Crippen LogP contribution in [-0.4, -0.2) is 33.8 Å². The minimum Gasteiger partial charge on any atom is -0.329 e. The van der Waals surface area contributed by atoms with Crippen LogP contribution in [0.3, 0.4) is 0 Å². The van der Waals surface area contributed by atoms with Crippen molar-refractivity contribution in [1.82, 2.24) is 14.7 Å². The van der Waals surface area contributed by atoms with E-state index in [9.17, 15) is 0 Å². The van der Waals surface area contributed by atoms with Gasteiger partial charge in [-0.15, -0.1) is 0 Å². The van der Waals surface area contributed by atoms with Crippen molar-refractivity contribution in [1.29, 1.82) is 0 Å². The molecule has 0 amide bonds. The van der Waals surface area contributed by atoms with E-state index in [2.05, 4.69) is 27.8 Å². The fourth-order valence-corrected chi connectivity index (χ4v) is 4.42. The molecule has 21 heavy (non-hydrogen) atoms. The first-order valence-electron chi connectivity index (χ1n) is 8.81. The highest BCUT2D eigenvalue weighted by atomic mass is 15.3. The van der Waals surface area contributed by atoms with Crippen LogP contribution in [0.2, 0.25) is 0 Å². The van der Waals surface area contributed by atoms with Crippen molar-refractivity contribution in [3.05, 3.63) is 18.0 Å². The van der Waals surface area contributed by atoms with Crippen molar-refractivity contribution in [2.24, 2.45) is 11.7 Å². The smallest absolute Gasteiger partial charge is 0.0538 e. The van der Waals surface area contributed by atoms with Crippen LogP contribution in [0.4, 0.5) is 0 Å². The van der Waals surface area contributed by atoms with Gasteiger partial charge in [0, 0.05) is 30.9 Å². The third-order valence-corrected chi connectivity index (χ3v) is 5.40. The average Bonchev–Trinajstić information content (AvgIpc) is 2.97. The summed E-state index contributed by atoms with van der Waals surface area (Å²) in [7, 11) is 0. The normalized spacial score (nSPS) is 28.3. The zero-order valence-corrected chi connectivity index (χ0v) is 13.4. The highest BCUT2D eigenvalue weighted by Crippen LogP contribution is 2.39. The Kier molecular flexibility index (Phi) is 4.96. The number of aryl methyl sites for hydroxylation is 1. The summed E-state index contributed by atoms with van der Waals surface area (Å²) in [5, 5.41) is 4.51.